The number of aliphatic hydroxyl groups is 1. The Morgan fingerprint density at radius 3 is 2.50 bits per heavy atom. The molecule has 3 aromatic rings. The molecule has 17 heteroatoms. The van der Waals surface area contributed by atoms with Crippen molar-refractivity contribution in [1.29, 1.82) is 0 Å². The van der Waals surface area contributed by atoms with Gasteiger partial charge in [-0.25, -0.2) is 17.9 Å². The highest BCUT2D eigenvalue weighted by atomic mass is 35.5. The molecule has 3 aliphatic rings. The van der Waals surface area contributed by atoms with Crippen LogP contribution in [-0.4, -0.2) is 160 Å². The zero-order chi connectivity index (χ0) is 38.1. The number of aromatic nitrogens is 3. The van der Waals surface area contributed by atoms with Crippen molar-refractivity contribution in [2.24, 2.45) is 0 Å². The molecule has 0 saturated carbocycles. The van der Waals surface area contributed by atoms with Crippen molar-refractivity contribution in [2.75, 3.05) is 114 Å². The maximum absolute atomic E-state index is 14.0. The zero-order valence-corrected chi connectivity index (χ0v) is 33.2. The van der Waals surface area contributed by atoms with E-state index in [1.807, 2.05) is 12.3 Å². The molecule has 1 aromatic carbocycles. The second kappa shape index (κ2) is 19.2. The van der Waals surface area contributed by atoms with Gasteiger partial charge in [-0.05, 0) is 70.3 Å². The number of piperidine rings is 1. The number of piperazine rings is 1. The topological polar surface area (TPSA) is 157 Å². The van der Waals surface area contributed by atoms with Crippen LogP contribution in [0, 0.1) is 6.92 Å². The Bertz CT molecular complexity index is 1810. The lowest BCUT2D eigenvalue weighted by Crippen LogP contribution is -2.47. The summed E-state index contributed by atoms with van der Waals surface area (Å²) in [7, 11) is -3.60. The van der Waals surface area contributed by atoms with Crippen molar-refractivity contribution in [3.63, 3.8) is 0 Å². The fraction of sp³-hybridized carbons (Fsp3) is 0.649. The van der Waals surface area contributed by atoms with E-state index in [0.717, 1.165) is 120 Å². The van der Waals surface area contributed by atoms with Gasteiger partial charge in [0, 0.05) is 81.2 Å². The maximum Gasteiger partial charge on any atom is 0.256 e. The molecule has 0 radical (unpaired) electrons. The normalized spacial score (nSPS) is 20.3. The molecule has 3 N–H and O–H groups in total. The highest BCUT2D eigenvalue weighted by Crippen LogP contribution is 2.34. The van der Waals surface area contributed by atoms with Crippen LogP contribution in [0.25, 0.3) is 5.65 Å². The molecular weight excluding hydrogens is 734 g/mol. The lowest BCUT2D eigenvalue weighted by Gasteiger charge is -2.35. The number of nitrogens with one attached hydrogen (secondary N) is 2. The predicted molar refractivity (Wildman–Crippen MR) is 210 cm³/mol. The summed E-state index contributed by atoms with van der Waals surface area (Å²) in [6, 6.07) is 6.72. The number of nitrogens with zero attached hydrogens (tertiary/aromatic N) is 7. The summed E-state index contributed by atoms with van der Waals surface area (Å²) >= 11 is 6.27. The SMILES string of the molecule is Cc1cn2nc([C@H]3CCCCN3C(=O)c3cc(Cl)ccc3NS(C)(=O)=O)cc2nc1N1CC[C@H](NCCCN2CCN(CCOCCOCCO)CC2)C1. The Morgan fingerprint density at radius 1 is 0.981 bits per heavy atom. The van der Waals surface area contributed by atoms with Crippen LogP contribution in [0.3, 0.4) is 0 Å². The number of fused-ring (bicyclic) bond motifs is 1. The number of aliphatic hydroxyl groups excluding tert-OH is 1. The first-order valence-corrected chi connectivity index (χ1v) is 21.5. The molecule has 0 unspecified atom stereocenters. The molecule has 3 saturated heterocycles. The Labute approximate surface area is 324 Å². The zero-order valence-electron chi connectivity index (χ0n) is 31.6. The molecule has 0 aliphatic carbocycles. The summed E-state index contributed by atoms with van der Waals surface area (Å²) in [5, 5.41) is 17.8. The molecule has 2 atom stereocenters. The minimum Gasteiger partial charge on any atom is -0.394 e. The molecule has 5 heterocycles. The largest absolute Gasteiger partial charge is 0.394 e. The summed E-state index contributed by atoms with van der Waals surface area (Å²) in [5.74, 6) is 0.674. The number of hydrogen-bond acceptors (Lipinski definition) is 12. The molecule has 54 heavy (non-hydrogen) atoms. The number of anilines is 2. The second-order valence-corrected chi connectivity index (χ2v) is 16.7. The fourth-order valence-corrected chi connectivity index (χ4v) is 8.42. The first-order valence-electron chi connectivity index (χ1n) is 19.2. The molecule has 6 rings (SSSR count). The lowest BCUT2D eigenvalue weighted by atomic mass is 9.98. The van der Waals surface area contributed by atoms with Crippen molar-refractivity contribution in [1.82, 2.24) is 34.6 Å². The lowest BCUT2D eigenvalue weighted by molar-refractivity contribution is 0.0217. The van der Waals surface area contributed by atoms with Crippen LogP contribution < -0.4 is 14.9 Å². The Hall–Kier alpha value is -3.09. The van der Waals surface area contributed by atoms with E-state index in [2.05, 4.69) is 31.7 Å². The summed E-state index contributed by atoms with van der Waals surface area (Å²) in [6.45, 7) is 14.0. The maximum atomic E-state index is 14.0. The summed E-state index contributed by atoms with van der Waals surface area (Å²) < 4.78 is 39.3. The average molecular weight is 790 g/mol. The number of hydrogen-bond donors (Lipinski definition) is 3. The molecular formula is C37H56ClN9O6S. The first kappa shape index (κ1) is 40.6. The van der Waals surface area contributed by atoms with Crippen molar-refractivity contribution in [3.05, 3.63) is 52.3 Å². The third kappa shape index (κ3) is 11.0. The number of likely N-dealkylation sites (tertiary alicyclic amines) is 1. The summed E-state index contributed by atoms with van der Waals surface area (Å²) in [4.78, 5) is 28.2. The van der Waals surface area contributed by atoms with Gasteiger partial charge in [-0.3, -0.25) is 14.4 Å². The number of rotatable bonds is 18. The standard InChI is InChI=1S/C37H56ClN9O6S/c1-28-26-47-35(25-33(41-47)34-6-3-4-12-46(34)37(49)31-24-29(38)7-8-32(31)42-54(2,50)51)40-36(28)45-13-9-30(27-45)39-10-5-11-43-14-16-44(17-15-43)18-20-52-22-23-53-21-19-48/h7-8,24-26,30,34,39,42,48H,3-6,9-23,27H2,1-2H3/t30-,34+/m0/s1. The van der Waals surface area contributed by atoms with Crippen LogP contribution in [0.4, 0.5) is 11.5 Å². The van der Waals surface area contributed by atoms with E-state index < -0.39 is 10.0 Å². The number of aryl methyl sites for hydroxylation is 1. The number of ether oxygens (including phenoxy) is 2. The number of carbonyl (C=O) groups excluding carboxylic acids is 1. The van der Waals surface area contributed by atoms with Crippen LogP contribution in [-0.2, 0) is 19.5 Å². The molecule has 3 aliphatic heterocycles. The van der Waals surface area contributed by atoms with Gasteiger partial charge in [0.25, 0.3) is 5.91 Å². The third-order valence-electron chi connectivity index (χ3n) is 10.4. The van der Waals surface area contributed by atoms with Gasteiger partial charge in [-0.1, -0.05) is 11.6 Å². The molecule has 3 fully saturated rings. The minimum absolute atomic E-state index is 0.0470. The van der Waals surface area contributed by atoms with E-state index in [4.69, 9.17) is 36.3 Å². The third-order valence-corrected chi connectivity index (χ3v) is 11.3. The predicted octanol–water partition coefficient (Wildman–Crippen LogP) is 2.63. The van der Waals surface area contributed by atoms with Crippen LogP contribution in [0.15, 0.2) is 30.5 Å². The minimum atomic E-state index is -3.60. The number of benzene rings is 1. The van der Waals surface area contributed by atoms with E-state index in [0.29, 0.717) is 44.0 Å². The van der Waals surface area contributed by atoms with Gasteiger partial charge in [0.05, 0.1) is 62.3 Å². The van der Waals surface area contributed by atoms with Gasteiger partial charge in [0.15, 0.2) is 5.65 Å². The summed E-state index contributed by atoms with van der Waals surface area (Å²) in [6.07, 6.45) is 7.79. The molecule has 15 nitrogen and oxygen atoms in total. The fourth-order valence-electron chi connectivity index (χ4n) is 7.67. The van der Waals surface area contributed by atoms with Gasteiger partial charge in [-0.2, -0.15) is 5.10 Å². The first-order chi connectivity index (χ1) is 26.1. The molecule has 0 spiro atoms. The van der Waals surface area contributed by atoms with Crippen LogP contribution in [0.2, 0.25) is 5.02 Å². The quantitative estimate of drug-likeness (QED) is 0.162. The number of sulfonamides is 1. The van der Waals surface area contributed by atoms with Crippen LogP contribution in [0.5, 0.6) is 0 Å². The van der Waals surface area contributed by atoms with Crippen LogP contribution in [0.1, 0.15) is 59.8 Å². The van der Waals surface area contributed by atoms with Crippen molar-refractivity contribution in [3.8, 4) is 0 Å². The highest BCUT2D eigenvalue weighted by Gasteiger charge is 2.33. The molecule has 298 valence electrons. The summed E-state index contributed by atoms with van der Waals surface area (Å²) in [5.41, 5.74) is 2.96. The molecule has 0 bridgehead atoms. The Kier molecular flexibility index (Phi) is 14.4. The average Bonchev–Trinajstić information content (AvgIpc) is 3.80. The van der Waals surface area contributed by atoms with Gasteiger partial charge in [0.1, 0.15) is 5.82 Å². The van der Waals surface area contributed by atoms with Crippen molar-refractivity contribution in [2.45, 2.75) is 51.1 Å². The van der Waals surface area contributed by atoms with Crippen molar-refractivity contribution < 1.29 is 27.8 Å². The number of amides is 1. The van der Waals surface area contributed by atoms with E-state index in [1.165, 1.54) is 12.1 Å². The number of carbonyl (C=O) groups is 1. The van der Waals surface area contributed by atoms with Gasteiger partial charge >= 0.3 is 0 Å². The molecule has 1 amide bonds. The molecule has 2 aromatic heterocycles. The van der Waals surface area contributed by atoms with E-state index in [9.17, 15) is 13.2 Å². The highest BCUT2D eigenvalue weighted by molar-refractivity contribution is 7.92. The Balaban J connectivity index is 0.984. The van der Waals surface area contributed by atoms with Gasteiger partial charge in [-0.15, -0.1) is 0 Å². The van der Waals surface area contributed by atoms with Crippen molar-refractivity contribution >= 4 is 44.7 Å². The van der Waals surface area contributed by atoms with E-state index in [1.54, 1.807) is 15.5 Å². The van der Waals surface area contributed by atoms with Gasteiger partial charge < -0.3 is 34.6 Å². The van der Waals surface area contributed by atoms with E-state index >= 15 is 0 Å². The van der Waals surface area contributed by atoms with Gasteiger partial charge in [0.2, 0.25) is 10.0 Å². The smallest absolute Gasteiger partial charge is 0.256 e. The van der Waals surface area contributed by atoms with E-state index in [-0.39, 0.29) is 29.8 Å². The second-order valence-electron chi connectivity index (χ2n) is 14.6. The number of halogens is 1. The van der Waals surface area contributed by atoms with Crippen LogP contribution >= 0.6 is 11.6 Å². The monoisotopic (exact) mass is 789 g/mol. The Morgan fingerprint density at radius 2 is 1.74 bits per heavy atom.